The van der Waals surface area contributed by atoms with Crippen molar-refractivity contribution in [2.75, 3.05) is 18.6 Å². The van der Waals surface area contributed by atoms with Crippen molar-refractivity contribution >= 4 is 35.5 Å². The molecule has 6 N–H and O–H groups in total. The molecule has 29 heavy (non-hydrogen) atoms. The van der Waals surface area contributed by atoms with Gasteiger partial charge in [-0.1, -0.05) is 30.3 Å². The van der Waals surface area contributed by atoms with Crippen LogP contribution in [0.2, 0.25) is 0 Å². The van der Waals surface area contributed by atoms with Crippen LogP contribution in [0.15, 0.2) is 30.3 Å². The van der Waals surface area contributed by atoms with Crippen LogP contribution >= 0.6 is 11.8 Å². The molecule has 0 bridgehead atoms. The Morgan fingerprint density at radius 1 is 1.10 bits per heavy atom. The topological polar surface area (TPSA) is 151 Å². The van der Waals surface area contributed by atoms with E-state index in [4.69, 9.17) is 10.8 Å². The Balaban J connectivity index is 2.53. The molecule has 10 heteroatoms. The van der Waals surface area contributed by atoms with Gasteiger partial charge in [0.15, 0.2) is 0 Å². The van der Waals surface area contributed by atoms with Crippen LogP contribution in [0.4, 0.5) is 0 Å². The molecule has 160 valence electrons. The van der Waals surface area contributed by atoms with Crippen molar-refractivity contribution in [1.82, 2.24) is 16.0 Å². The number of benzene rings is 1. The van der Waals surface area contributed by atoms with E-state index in [1.54, 1.807) is 0 Å². The number of rotatable bonds is 12. The summed E-state index contributed by atoms with van der Waals surface area (Å²) < 4.78 is 0. The maximum atomic E-state index is 12.2. The summed E-state index contributed by atoms with van der Waals surface area (Å²) >= 11 is 1.49. The number of carbonyl (C=O) groups excluding carboxylic acids is 3. The van der Waals surface area contributed by atoms with Gasteiger partial charge in [0.1, 0.15) is 12.1 Å². The Morgan fingerprint density at radius 2 is 1.76 bits per heavy atom. The van der Waals surface area contributed by atoms with Crippen LogP contribution in [0.1, 0.15) is 18.9 Å². The number of thioether (sulfide) groups is 1. The summed E-state index contributed by atoms with van der Waals surface area (Å²) in [5.74, 6) is -2.21. The second kappa shape index (κ2) is 12.8. The highest BCUT2D eigenvalue weighted by atomic mass is 32.2. The summed E-state index contributed by atoms with van der Waals surface area (Å²) in [6.07, 6.45) is 2.51. The highest BCUT2D eigenvalue weighted by molar-refractivity contribution is 7.98. The van der Waals surface area contributed by atoms with Crippen molar-refractivity contribution in [3.63, 3.8) is 0 Å². The van der Waals surface area contributed by atoms with Gasteiger partial charge in [0.2, 0.25) is 17.7 Å². The fraction of sp³-hybridized carbons (Fsp3) is 0.474. The zero-order chi connectivity index (χ0) is 21.8. The van der Waals surface area contributed by atoms with Gasteiger partial charge < -0.3 is 26.8 Å². The van der Waals surface area contributed by atoms with E-state index in [-0.39, 0.29) is 6.54 Å². The SMILES string of the molecule is CSCCC(NC(=O)CNC(=O)C(N)Cc1ccccc1)C(=O)NC(C)C(=O)O. The van der Waals surface area contributed by atoms with Gasteiger partial charge in [-0.3, -0.25) is 19.2 Å². The minimum absolute atomic E-state index is 0.326. The maximum absolute atomic E-state index is 12.2. The van der Waals surface area contributed by atoms with Gasteiger partial charge in [0, 0.05) is 0 Å². The second-order valence-corrected chi connectivity index (χ2v) is 7.47. The molecule has 3 atom stereocenters. The van der Waals surface area contributed by atoms with E-state index in [2.05, 4.69) is 16.0 Å². The van der Waals surface area contributed by atoms with E-state index in [9.17, 15) is 19.2 Å². The predicted octanol–water partition coefficient (Wildman–Crippen LogP) is -0.500. The lowest BCUT2D eigenvalue weighted by molar-refractivity contribution is -0.141. The summed E-state index contributed by atoms with van der Waals surface area (Å²) in [5, 5.41) is 16.2. The third-order valence-electron chi connectivity index (χ3n) is 4.05. The van der Waals surface area contributed by atoms with Gasteiger partial charge in [-0.2, -0.15) is 11.8 Å². The van der Waals surface area contributed by atoms with Gasteiger partial charge >= 0.3 is 5.97 Å². The Kier molecular flexibility index (Phi) is 10.8. The van der Waals surface area contributed by atoms with E-state index in [0.717, 1.165) is 5.56 Å². The second-order valence-electron chi connectivity index (χ2n) is 6.48. The monoisotopic (exact) mass is 424 g/mol. The molecule has 0 spiro atoms. The summed E-state index contributed by atoms with van der Waals surface area (Å²) in [6, 6.07) is 6.48. The third-order valence-corrected chi connectivity index (χ3v) is 4.69. The number of amides is 3. The fourth-order valence-corrected chi connectivity index (χ4v) is 2.86. The summed E-state index contributed by atoms with van der Waals surface area (Å²) in [5.41, 5.74) is 6.77. The molecule has 0 radical (unpaired) electrons. The molecular formula is C19H28N4O5S. The van der Waals surface area contributed by atoms with Crippen molar-refractivity contribution in [1.29, 1.82) is 0 Å². The lowest BCUT2D eigenvalue weighted by Crippen LogP contribution is -2.53. The van der Waals surface area contributed by atoms with E-state index in [0.29, 0.717) is 18.6 Å². The maximum Gasteiger partial charge on any atom is 0.325 e. The lowest BCUT2D eigenvalue weighted by atomic mass is 10.1. The Hall–Kier alpha value is -2.59. The molecule has 9 nitrogen and oxygen atoms in total. The Labute approximate surface area is 174 Å². The number of hydrogen-bond acceptors (Lipinski definition) is 6. The van der Waals surface area contributed by atoms with Gasteiger partial charge in [0.25, 0.3) is 0 Å². The molecule has 1 aromatic rings. The van der Waals surface area contributed by atoms with Gasteiger partial charge in [-0.05, 0) is 37.3 Å². The van der Waals surface area contributed by atoms with Gasteiger partial charge in [-0.15, -0.1) is 0 Å². The summed E-state index contributed by atoms with van der Waals surface area (Å²) in [4.78, 5) is 47.4. The van der Waals surface area contributed by atoms with Gasteiger partial charge in [-0.25, -0.2) is 0 Å². The first-order valence-corrected chi connectivity index (χ1v) is 10.5. The van der Waals surface area contributed by atoms with Crippen molar-refractivity contribution in [3.8, 4) is 0 Å². The van der Waals surface area contributed by atoms with Crippen molar-refractivity contribution in [2.45, 2.75) is 37.9 Å². The van der Waals surface area contributed by atoms with E-state index >= 15 is 0 Å². The molecule has 0 aromatic heterocycles. The van der Waals surface area contributed by atoms with E-state index < -0.39 is 41.8 Å². The number of carbonyl (C=O) groups is 4. The zero-order valence-electron chi connectivity index (χ0n) is 16.5. The number of carboxylic acid groups (broad SMARTS) is 1. The van der Waals surface area contributed by atoms with Crippen LogP contribution in [0.3, 0.4) is 0 Å². The molecule has 0 heterocycles. The minimum Gasteiger partial charge on any atom is -0.480 e. The molecule has 0 aliphatic heterocycles. The molecule has 0 aliphatic carbocycles. The van der Waals surface area contributed by atoms with Crippen molar-refractivity contribution in [2.24, 2.45) is 5.73 Å². The number of nitrogens with one attached hydrogen (secondary N) is 3. The molecule has 1 aromatic carbocycles. The summed E-state index contributed by atoms with van der Waals surface area (Å²) in [6.45, 7) is 1.00. The van der Waals surface area contributed by atoms with Crippen LogP contribution in [-0.2, 0) is 25.6 Å². The van der Waals surface area contributed by atoms with Crippen LogP contribution in [-0.4, -0.2) is 65.5 Å². The van der Waals surface area contributed by atoms with Crippen LogP contribution in [0.25, 0.3) is 0 Å². The molecule has 0 saturated carbocycles. The molecule has 3 unspecified atom stereocenters. The number of hydrogen-bond donors (Lipinski definition) is 5. The molecule has 1 rings (SSSR count). The van der Waals surface area contributed by atoms with E-state index in [1.165, 1.54) is 18.7 Å². The average Bonchev–Trinajstić information content (AvgIpc) is 2.69. The van der Waals surface area contributed by atoms with Crippen molar-refractivity contribution < 1.29 is 24.3 Å². The molecule has 0 aliphatic rings. The predicted molar refractivity (Wildman–Crippen MR) is 111 cm³/mol. The van der Waals surface area contributed by atoms with Crippen LogP contribution in [0.5, 0.6) is 0 Å². The minimum atomic E-state index is -1.17. The smallest absolute Gasteiger partial charge is 0.325 e. The van der Waals surface area contributed by atoms with Gasteiger partial charge in [0.05, 0.1) is 12.6 Å². The molecule has 0 fully saturated rings. The van der Waals surface area contributed by atoms with E-state index in [1.807, 2.05) is 36.6 Å². The quantitative estimate of drug-likeness (QED) is 0.303. The first-order valence-electron chi connectivity index (χ1n) is 9.13. The number of carboxylic acids is 1. The fourth-order valence-electron chi connectivity index (χ4n) is 2.38. The number of aliphatic carboxylic acids is 1. The largest absolute Gasteiger partial charge is 0.480 e. The first kappa shape index (κ1) is 24.4. The highest BCUT2D eigenvalue weighted by Crippen LogP contribution is 2.03. The molecule has 3 amide bonds. The summed E-state index contributed by atoms with van der Waals surface area (Å²) in [7, 11) is 0. The average molecular weight is 425 g/mol. The normalized spacial score (nSPS) is 13.6. The first-order chi connectivity index (χ1) is 13.7. The molecular weight excluding hydrogens is 396 g/mol. The molecule has 0 saturated heterocycles. The van der Waals surface area contributed by atoms with Crippen LogP contribution in [0, 0.1) is 0 Å². The standard InChI is InChI=1S/C19H28N4O5S/c1-12(19(27)28)22-18(26)15(8-9-29-2)23-16(24)11-21-17(25)14(20)10-13-6-4-3-5-7-13/h3-7,12,14-15H,8-11,20H2,1-2H3,(H,21,25)(H,22,26)(H,23,24)(H,27,28). The van der Waals surface area contributed by atoms with Crippen molar-refractivity contribution in [3.05, 3.63) is 35.9 Å². The lowest BCUT2D eigenvalue weighted by Gasteiger charge is -2.20. The Bertz CT molecular complexity index is 701. The number of nitrogens with two attached hydrogens (primary N) is 1. The Morgan fingerprint density at radius 3 is 2.34 bits per heavy atom. The zero-order valence-corrected chi connectivity index (χ0v) is 17.3. The van der Waals surface area contributed by atoms with Crippen LogP contribution < -0.4 is 21.7 Å². The highest BCUT2D eigenvalue weighted by Gasteiger charge is 2.24. The third kappa shape index (κ3) is 9.44.